The minimum absolute atomic E-state index is 0.0269. The van der Waals surface area contributed by atoms with E-state index in [4.69, 9.17) is 16.3 Å². The van der Waals surface area contributed by atoms with E-state index < -0.39 is 0 Å². The molecular formula is C21H21ClN4O3S. The molecule has 0 spiro atoms. The predicted octanol–water partition coefficient (Wildman–Crippen LogP) is 3.50. The topological polar surface area (TPSA) is 76.5 Å². The molecule has 1 aliphatic heterocycles. The van der Waals surface area contributed by atoms with Crippen LogP contribution in [0.4, 0.5) is 5.69 Å². The summed E-state index contributed by atoms with van der Waals surface area (Å²) < 4.78 is 7.77. The molecule has 0 saturated carbocycles. The molecule has 9 heteroatoms. The molecule has 4 rings (SSSR count). The number of hydrogen-bond donors (Lipinski definition) is 1. The number of hydrogen-bond acceptors (Lipinski definition) is 5. The van der Waals surface area contributed by atoms with Crippen LogP contribution in [0.15, 0.2) is 36.7 Å². The van der Waals surface area contributed by atoms with Crippen LogP contribution in [0.2, 0.25) is 4.34 Å². The molecule has 30 heavy (non-hydrogen) atoms. The second-order valence-corrected chi connectivity index (χ2v) is 8.72. The highest BCUT2D eigenvalue weighted by Crippen LogP contribution is 2.26. The Bertz CT molecular complexity index is 1110. The molecule has 0 bridgehead atoms. The van der Waals surface area contributed by atoms with Crippen molar-refractivity contribution in [3.63, 3.8) is 0 Å². The predicted molar refractivity (Wildman–Crippen MR) is 117 cm³/mol. The molecule has 1 saturated heterocycles. The van der Waals surface area contributed by atoms with Crippen LogP contribution in [0.3, 0.4) is 0 Å². The van der Waals surface area contributed by atoms with Gasteiger partial charge in [0, 0.05) is 23.6 Å². The van der Waals surface area contributed by atoms with Crippen molar-refractivity contribution in [1.29, 1.82) is 0 Å². The Balaban J connectivity index is 1.49. The summed E-state index contributed by atoms with van der Waals surface area (Å²) in [5.74, 6) is -0.197. The summed E-state index contributed by atoms with van der Waals surface area (Å²) in [6, 6.07) is 9.36. The van der Waals surface area contributed by atoms with Crippen LogP contribution < -0.4 is 10.2 Å². The minimum Gasteiger partial charge on any atom is -0.370 e. The number of benzene rings is 1. The van der Waals surface area contributed by atoms with Crippen molar-refractivity contribution >= 4 is 40.4 Å². The summed E-state index contributed by atoms with van der Waals surface area (Å²) in [6.07, 6.45) is 1.74. The quantitative estimate of drug-likeness (QED) is 0.653. The summed E-state index contributed by atoms with van der Waals surface area (Å²) >= 11 is 7.14. The third-order valence-electron chi connectivity index (χ3n) is 5.06. The Morgan fingerprint density at radius 3 is 2.83 bits per heavy atom. The molecule has 1 aromatic carbocycles. The van der Waals surface area contributed by atoms with Crippen molar-refractivity contribution in [1.82, 2.24) is 14.9 Å². The third-order valence-corrected chi connectivity index (χ3v) is 6.29. The highest BCUT2D eigenvalue weighted by molar-refractivity contribution is 7.17. The van der Waals surface area contributed by atoms with Gasteiger partial charge >= 0.3 is 0 Å². The van der Waals surface area contributed by atoms with E-state index in [-0.39, 0.29) is 18.4 Å². The maximum absolute atomic E-state index is 12.2. The first kappa shape index (κ1) is 20.6. The largest absolute Gasteiger partial charge is 0.370 e. The monoisotopic (exact) mass is 444 g/mol. The number of amides is 2. The van der Waals surface area contributed by atoms with Crippen LogP contribution in [-0.4, -0.2) is 41.1 Å². The first-order chi connectivity index (χ1) is 14.4. The van der Waals surface area contributed by atoms with E-state index in [0.29, 0.717) is 28.9 Å². The number of nitrogens with one attached hydrogen (secondary N) is 1. The van der Waals surface area contributed by atoms with Crippen molar-refractivity contribution in [3.8, 4) is 5.69 Å². The van der Waals surface area contributed by atoms with Gasteiger partial charge in [-0.15, -0.1) is 11.3 Å². The number of carbonyl (C=O) groups excluding carboxylic acids is 2. The summed E-state index contributed by atoms with van der Waals surface area (Å²) in [4.78, 5) is 31.2. The van der Waals surface area contributed by atoms with Crippen LogP contribution in [-0.2, 0) is 16.1 Å². The molecule has 1 N–H and O–H groups in total. The van der Waals surface area contributed by atoms with Gasteiger partial charge in [0.15, 0.2) is 0 Å². The number of morpholine rings is 1. The Labute approximate surface area is 183 Å². The van der Waals surface area contributed by atoms with Gasteiger partial charge in [-0.1, -0.05) is 11.6 Å². The van der Waals surface area contributed by atoms with Gasteiger partial charge in [-0.3, -0.25) is 9.59 Å². The van der Waals surface area contributed by atoms with Gasteiger partial charge < -0.3 is 19.5 Å². The second-order valence-electron chi connectivity index (χ2n) is 7.00. The lowest BCUT2D eigenvalue weighted by Crippen LogP contribution is -2.42. The first-order valence-electron chi connectivity index (χ1n) is 9.49. The number of ether oxygens (including phenoxy) is 1. The van der Waals surface area contributed by atoms with E-state index in [1.54, 1.807) is 23.4 Å². The smallest absolute Gasteiger partial charge is 0.261 e. The first-order valence-corrected chi connectivity index (χ1v) is 10.7. The maximum Gasteiger partial charge on any atom is 0.261 e. The van der Waals surface area contributed by atoms with Gasteiger partial charge in [0.2, 0.25) is 0 Å². The van der Waals surface area contributed by atoms with Crippen LogP contribution >= 0.6 is 22.9 Å². The number of nitrogens with zero attached hydrogens (tertiary/aromatic N) is 3. The molecule has 2 amide bonds. The van der Waals surface area contributed by atoms with Gasteiger partial charge in [0.25, 0.3) is 11.8 Å². The van der Waals surface area contributed by atoms with E-state index in [1.807, 2.05) is 36.6 Å². The fraction of sp³-hybridized carbons (Fsp3) is 0.286. The van der Waals surface area contributed by atoms with E-state index >= 15 is 0 Å². The Kier molecular flexibility index (Phi) is 5.90. The molecular weight excluding hydrogens is 424 g/mol. The number of aryl methyl sites for hydroxylation is 1. The normalized spacial score (nSPS) is 14.2. The number of imidazole rings is 1. The lowest BCUT2D eigenvalue weighted by atomic mass is 10.1. The average Bonchev–Trinajstić information content (AvgIpc) is 3.32. The van der Waals surface area contributed by atoms with Crippen LogP contribution in [0.1, 0.15) is 26.6 Å². The fourth-order valence-electron chi connectivity index (χ4n) is 3.43. The minimum atomic E-state index is -0.170. The molecule has 3 heterocycles. The average molecular weight is 445 g/mol. The molecule has 0 radical (unpaired) electrons. The molecule has 3 aromatic rings. The molecule has 2 aromatic heterocycles. The highest BCUT2D eigenvalue weighted by atomic mass is 35.5. The van der Waals surface area contributed by atoms with Crippen LogP contribution in [0.5, 0.6) is 0 Å². The number of thiophene rings is 1. The van der Waals surface area contributed by atoms with Crippen LogP contribution in [0.25, 0.3) is 5.69 Å². The molecule has 0 unspecified atom stereocenters. The Hall–Kier alpha value is -2.68. The molecule has 1 fully saturated rings. The van der Waals surface area contributed by atoms with Gasteiger partial charge in [0.05, 0.1) is 34.4 Å². The fourth-order valence-corrected chi connectivity index (χ4v) is 4.39. The Morgan fingerprint density at radius 1 is 1.30 bits per heavy atom. The van der Waals surface area contributed by atoms with Crippen LogP contribution in [0, 0.1) is 13.8 Å². The summed E-state index contributed by atoms with van der Waals surface area (Å²) in [6.45, 7) is 5.50. The van der Waals surface area contributed by atoms with Crippen molar-refractivity contribution in [3.05, 3.63) is 62.8 Å². The van der Waals surface area contributed by atoms with E-state index in [9.17, 15) is 9.59 Å². The van der Waals surface area contributed by atoms with Gasteiger partial charge in [-0.25, -0.2) is 4.98 Å². The van der Waals surface area contributed by atoms with Crippen molar-refractivity contribution in [2.75, 3.05) is 24.7 Å². The van der Waals surface area contributed by atoms with Crippen molar-refractivity contribution in [2.45, 2.75) is 20.4 Å². The van der Waals surface area contributed by atoms with Gasteiger partial charge in [-0.05, 0) is 49.7 Å². The van der Waals surface area contributed by atoms with E-state index in [1.165, 1.54) is 11.3 Å². The second kappa shape index (κ2) is 8.59. The number of carbonyl (C=O) groups is 2. The highest BCUT2D eigenvalue weighted by Gasteiger charge is 2.22. The molecule has 7 nitrogen and oxygen atoms in total. The number of aromatic nitrogens is 2. The zero-order chi connectivity index (χ0) is 21.3. The summed E-state index contributed by atoms with van der Waals surface area (Å²) in [7, 11) is 0. The SMILES string of the molecule is Cc1cc(-n2cnc(CNC(=O)c3ccc(Cl)s3)c2C)ccc1N1CCOCC1=O. The molecule has 156 valence electrons. The third kappa shape index (κ3) is 4.12. The molecule has 0 aliphatic carbocycles. The standard InChI is InChI=1S/C21H21ClN4O3S/c1-13-9-15(3-4-17(13)25-7-8-29-11-20(25)27)26-12-24-16(14(26)2)10-23-21(28)18-5-6-19(22)30-18/h3-6,9,12H,7-8,10-11H2,1-2H3,(H,23,28). The Morgan fingerprint density at radius 2 is 2.13 bits per heavy atom. The molecule has 1 aliphatic rings. The summed E-state index contributed by atoms with van der Waals surface area (Å²) in [5, 5.41) is 2.88. The zero-order valence-corrected chi connectivity index (χ0v) is 18.2. The number of halogens is 1. The van der Waals surface area contributed by atoms with Crippen molar-refractivity contribution in [2.24, 2.45) is 0 Å². The number of anilines is 1. The van der Waals surface area contributed by atoms with E-state index in [0.717, 1.165) is 28.3 Å². The lowest BCUT2D eigenvalue weighted by molar-refractivity contribution is -0.125. The molecule has 0 atom stereocenters. The maximum atomic E-state index is 12.2. The van der Waals surface area contributed by atoms with Crippen molar-refractivity contribution < 1.29 is 14.3 Å². The van der Waals surface area contributed by atoms with Gasteiger partial charge in [-0.2, -0.15) is 0 Å². The van der Waals surface area contributed by atoms with E-state index in [2.05, 4.69) is 10.3 Å². The van der Waals surface area contributed by atoms with Gasteiger partial charge in [0.1, 0.15) is 6.61 Å². The zero-order valence-electron chi connectivity index (χ0n) is 16.6. The number of rotatable bonds is 5. The summed E-state index contributed by atoms with van der Waals surface area (Å²) in [5.41, 5.74) is 4.57. The lowest BCUT2D eigenvalue weighted by Gasteiger charge is -2.28.